The Morgan fingerprint density at radius 2 is 1.81 bits per heavy atom. The summed E-state index contributed by atoms with van der Waals surface area (Å²) in [5.74, 6) is -0.606. The second-order valence-corrected chi connectivity index (χ2v) is 6.17. The zero-order chi connectivity index (χ0) is 18.7. The molecule has 0 atom stereocenters. The van der Waals surface area contributed by atoms with Crippen molar-refractivity contribution in [2.45, 2.75) is 12.8 Å². The van der Waals surface area contributed by atoms with E-state index in [2.05, 4.69) is 25.5 Å². The molecule has 0 radical (unpaired) electrons. The fourth-order valence-corrected chi connectivity index (χ4v) is 2.75. The van der Waals surface area contributed by atoms with Gasteiger partial charge in [-0.05, 0) is 25.0 Å². The van der Waals surface area contributed by atoms with Crippen LogP contribution in [0.3, 0.4) is 0 Å². The third-order valence-electron chi connectivity index (χ3n) is 4.02. The number of hydrogen-bond acceptors (Lipinski definition) is 5. The van der Waals surface area contributed by atoms with Crippen LogP contribution in [0, 0.1) is 11.6 Å². The molecule has 0 unspecified atom stereocenters. The van der Waals surface area contributed by atoms with E-state index in [1.165, 1.54) is 12.3 Å². The van der Waals surface area contributed by atoms with Gasteiger partial charge in [0.1, 0.15) is 23.0 Å². The van der Waals surface area contributed by atoms with E-state index in [1.54, 1.807) is 19.0 Å². The number of carbonyl (C=O) groups is 1. The average molecular weight is 362 g/mol. The Morgan fingerprint density at radius 1 is 1.15 bits per heavy atom. The Hall–Kier alpha value is -2.97. The molecule has 138 valence electrons. The summed E-state index contributed by atoms with van der Waals surface area (Å²) >= 11 is 0. The molecular formula is C17H20F2N6O. The lowest BCUT2D eigenvalue weighted by atomic mass is 10.3. The number of para-hydroxylation sites is 1. The molecule has 2 heterocycles. The summed E-state index contributed by atoms with van der Waals surface area (Å²) in [7, 11) is 3.57. The van der Waals surface area contributed by atoms with Crippen LogP contribution in [0.15, 0.2) is 24.4 Å². The summed E-state index contributed by atoms with van der Waals surface area (Å²) in [6.07, 6.45) is 3.68. The van der Waals surface area contributed by atoms with E-state index < -0.39 is 23.4 Å². The van der Waals surface area contributed by atoms with Crippen molar-refractivity contribution in [1.82, 2.24) is 9.97 Å². The van der Waals surface area contributed by atoms with Crippen molar-refractivity contribution in [2.24, 2.45) is 0 Å². The number of aromatic nitrogens is 2. The van der Waals surface area contributed by atoms with Crippen LogP contribution in [0.1, 0.15) is 12.8 Å². The molecule has 0 bridgehead atoms. The largest absolute Gasteiger partial charge is 0.361 e. The average Bonchev–Trinajstić information content (AvgIpc) is 3.13. The second kappa shape index (κ2) is 7.51. The summed E-state index contributed by atoms with van der Waals surface area (Å²) < 4.78 is 27.3. The number of benzene rings is 1. The maximum atomic E-state index is 13.7. The molecule has 3 rings (SSSR count). The highest BCUT2D eigenvalue weighted by molar-refractivity contribution is 6.01. The van der Waals surface area contributed by atoms with Gasteiger partial charge in [0.15, 0.2) is 5.82 Å². The van der Waals surface area contributed by atoms with E-state index >= 15 is 0 Å². The van der Waals surface area contributed by atoms with E-state index in [9.17, 15) is 13.6 Å². The quantitative estimate of drug-likeness (QED) is 0.875. The topological polar surface area (TPSA) is 73.4 Å². The van der Waals surface area contributed by atoms with Crippen LogP contribution in [0.4, 0.5) is 36.7 Å². The number of urea groups is 1. The standard InChI is InChI=1S/C17H20F2N6O/c1-24(2)15-13(10-20-16(23-15)25-8-3-4-9-25)21-17(26)22-14-11(18)6-5-7-12(14)19/h5-7,10H,3-4,8-9H2,1-2H3,(H2,21,22,26). The minimum absolute atomic E-state index is 0.340. The molecule has 2 aromatic rings. The molecule has 1 aromatic carbocycles. The van der Waals surface area contributed by atoms with E-state index in [0.717, 1.165) is 38.1 Å². The van der Waals surface area contributed by atoms with Crippen molar-refractivity contribution < 1.29 is 13.6 Å². The van der Waals surface area contributed by atoms with E-state index in [1.807, 2.05) is 0 Å². The maximum Gasteiger partial charge on any atom is 0.323 e. The summed E-state index contributed by atoms with van der Waals surface area (Å²) in [6, 6.07) is 2.58. The third kappa shape index (κ3) is 3.81. The van der Waals surface area contributed by atoms with Crippen molar-refractivity contribution >= 4 is 29.2 Å². The fourth-order valence-electron chi connectivity index (χ4n) is 2.75. The molecule has 9 heteroatoms. The van der Waals surface area contributed by atoms with Gasteiger partial charge < -0.3 is 20.4 Å². The van der Waals surface area contributed by atoms with Crippen LogP contribution in [0.25, 0.3) is 0 Å². The molecule has 7 nitrogen and oxygen atoms in total. The Balaban J connectivity index is 1.79. The van der Waals surface area contributed by atoms with Crippen molar-refractivity contribution in [2.75, 3.05) is 47.6 Å². The smallest absolute Gasteiger partial charge is 0.323 e. The van der Waals surface area contributed by atoms with Crippen LogP contribution >= 0.6 is 0 Å². The van der Waals surface area contributed by atoms with Gasteiger partial charge in [0, 0.05) is 27.2 Å². The van der Waals surface area contributed by atoms with Crippen molar-refractivity contribution in [1.29, 1.82) is 0 Å². The number of nitrogens with zero attached hydrogens (tertiary/aromatic N) is 4. The first-order valence-corrected chi connectivity index (χ1v) is 8.27. The normalized spacial score (nSPS) is 13.6. The molecule has 2 N–H and O–H groups in total. The minimum atomic E-state index is -0.853. The van der Waals surface area contributed by atoms with Crippen LogP contribution in [-0.4, -0.2) is 43.2 Å². The lowest BCUT2D eigenvalue weighted by molar-refractivity contribution is 0.262. The van der Waals surface area contributed by atoms with Crippen LogP contribution in [0.5, 0.6) is 0 Å². The number of halogens is 2. The molecule has 1 saturated heterocycles. The predicted molar refractivity (Wildman–Crippen MR) is 96.8 cm³/mol. The van der Waals surface area contributed by atoms with Gasteiger partial charge in [0.25, 0.3) is 0 Å². The Bertz CT molecular complexity index is 788. The van der Waals surface area contributed by atoms with Crippen molar-refractivity contribution in [3.8, 4) is 0 Å². The molecule has 1 aromatic heterocycles. The van der Waals surface area contributed by atoms with Gasteiger partial charge in [-0.2, -0.15) is 4.98 Å². The molecule has 1 aliphatic heterocycles. The monoisotopic (exact) mass is 362 g/mol. The minimum Gasteiger partial charge on any atom is -0.361 e. The number of carbonyl (C=O) groups excluding carboxylic acids is 1. The summed E-state index contributed by atoms with van der Waals surface area (Å²) in [6.45, 7) is 1.79. The zero-order valence-electron chi connectivity index (χ0n) is 14.6. The number of hydrogen-bond donors (Lipinski definition) is 2. The number of rotatable bonds is 4. The second-order valence-electron chi connectivity index (χ2n) is 6.17. The lowest BCUT2D eigenvalue weighted by Crippen LogP contribution is -2.25. The third-order valence-corrected chi connectivity index (χ3v) is 4.02. The van der Waals surface area contributed by atoms with Crippen LogP contribution in [-0.2, 0) is 0 Å². The number of amides is 2. The first-order valence-electron chi connectivity index (χ1n) is 8.27. The highest BCUT2D eigenvalue weighted by Gasteiger charge is 2.19. The van der Waals surface area contributed by atoms with Gasteiger partial charge in [0.2, 0.25) is 5.95 Å². The molecule has 0 spiro atoms. The summed E-state index contributed by atoms with van der Waals surface area (Å²) in [5, 5.41) is 4.72. The summed E-state index contributed by atoms with van der Waals surface area (Å²) in [4.78, 5) is 24.8. The number of nitrogens with one attached hydrogen (secondary N) is 2. The van der Waals surface area contributed by atoms with E-state index in [-0.39, 0.29) is 0 Å². The molecule has 0 aliphatic carbocycles. The lowest BCUT2D eigenvalue weighted by Gasteiger charge is -2.21. The highest BCUT2D eigenvalue weighted by atomic mass is 19.1. The molecule has 1 aliphatic rings. The Morgan fingerprint density at radius 3 is 2.42 bits per heavy atom. The molecule has 26 heavy (non-hydrogen) atoms. The fraction of sp³-hybridized carbons (Fsp3) is 0.353. The molecular weight excluding hydrogens is 342 g/mol. The molecule has 1 fully saturated rings. The number of anilines is 4. The van der Waals surface area contributed by atoms with E-state index in [4.69, 9.17) is 0 Å². The SMILES string of the molecule is CN(C)c1nc(N2CCCC2)ncc1NC(=O)Nc1c(F)cccc1F. The highest BCUT2D eigenvalue weighted by Crippen LogP contribution is 2.26. The van der Waals surface area contributed by atoms with Gasteiger partial charge in [-0.1, -0.05) is 6.07 Å². The van der Waals surface area contributed by atoms with E-state index in [0.29, 0.717) is 17.5 Å². The maximum absolute atomic E-state index is 13.7. The predicted octanol–water partition coefficient (Wildman–Crippen LogP) is 3.07. The summed E-state index contributed by atoms with van der Waals surface area (Å²) in [5.41, 5.74) is -0.168. The Kier molecular flexibility index (Phi) is 5.15. The first kappa shape index (κ1) is 17.8. The van der Waals surface area contributed by atoms with Gasteiger partial charge in [0.05, 0.1) is 6.20 Å². The Labute approximate surface area is 150 Å². The zero-order valence-corrected chi connectivity index (χ0v) is 14.6. The van der Waals surface area contributed by atoms with Crippen LogP contribution in [0.2, 0.25) is 0 Å². The van der Waals surface area contributed by atoms with Crippen molar-refractivity contribution in [3.05, 3.63) is 36.0 Å². The van der Waals surface area contributed by atoms with Gasteiger partial charge in [-0.25, -0.2) is 18.6 Å². The first-order chi connectivity index (χ1) is 12.5. The molecule has 2 amide bonds. The van der Waals surface area contributed by atoms with Crippen molar-refractivity contribution in [3.63, 3.8) is 0 Å². The van der Waals surface area contributed by atoms with Gasteiger partial charge in [-0.15, -0.1) is 0 Å². The van der Waals surface area contributed by atoms with Gasteiger partial charge >= 0.3 is 6.03 Å². The van der Waals surface area contributed by atoms with Crippen LogP contribution < -0.4 is 20.4 Å². The molecule has 0 saturated carbocycles. The van der Waals surface area contributed by atoms with Gasteiger partial charge in [-0.3, -0.25) is 0 Å².